The highest BCUT2D eigenvalue weighted by Gasteiger charge is 2.27. The van der Waals surface area contributed by atoms with Crippen molar-refractivity contribution < 1.29 is 14.4 Å². The van der Waals surface area contributed by atoms with Gasteiger partial charge >= 0.3 is 0 Å². The first-order valence-electron chi connectivity index (χ1n) is 8.22. The van der Waals surface area contributed by atoms with Crippen LogP contribution in [0, 0.1) is 10.1 Å². The van der Waals surface area contributed by atoms with E-state index in [9.17, 15) is 10.1 Å². The first kappa shape index (κ1) is 14.8. The molecular formula is C18H14N4O4. The van der Waals surface area contributed by atoms with Crippen molar-refractivity contribution in [2.45, 2.75) is 6.42 Å². The van der Waals surface area contributed by atoms with Gasteiger partial charge in [0.15, 0.2) is 11.5 Å². The summed E-state index contributed by atoms with van der Waals surface area (Å²) in [6.07, 6.45) is 0.805. The van der Waals surface area contributed by atoms with Gasteiger partial charge in [0.1, 0.15) is 11.5 Å². The standard InChI is InChI=1S/C18H14N4O4/c23-22(24)14-4-2-1-3-13(14)21-18-12(7-8-19-18)17(20-21)11-5-6-15-16(9-11)26-10-25-15/h1-6,9,19H,7-8,10H2. The van der Waals surface area contributed by atoms with E-state index in [2.05, 4.69) is 5.32 Å². The third kappa shape index (κ3) is 2.12. The molecule has 0 unspecified atom stereocenters. The van der Waals surface area contributed by atoms with E-state index in [0.29, 0.717) is 17.2 Å². The number of rotatable bonds is 3. The summed E-state index contributed by atoms with van der Waals surface area (Å²) in [5.74, 6) is 2.19. The molecule has 26 heavy (non-hydrogen) atoms. The summed E-state index contributed by atoms with van der Waals surface area (Å²) in [5.41, 5.74) is 3.19. The fourth-order valence-electron chi connectivity index (χ4n) is 3.42. The minimum Gasteiger partial charge on any atom is -0.454 e. The molecule has 8 heteroatoms. The van der Waals surface area contributed by atoms with Crippen LogP contribution in [0.25, 0.3) is 16.9 Å². The van der Waals surface area contributed by atoms with Crippen molar-refractivity contribution in [1.29, 1.82) is 0 Å². The van der Waals surface area contributed by atoms with Gasteiger partial charge in [-0.25, -0.2) is 4.68 Å². The van der Waals surface area contributed by atoms with E-state index in [1.54, 1.807) is 22.9 Å². The van der Waals surface area contributed by atoms with Crippen LogP contribution in [0.5, 0.6) is 11.5 Å². The van der Waals surface area contributed by atoms with Crippen LogP contribution >= 0.6 is 0 Å². The molecule has 3 heterocycles. The molecule has 0 amide bonds. The number of para-hydroxylation sites is 2. The molecule has 130 valence electrons. The Morgan fingerprint density at radius 3 is 2.88 bits per heavy atom. The van der Waals surface area contributed by atoms with Crippen LogP contribution < -0.4 is 14.8 Å². The van der Waals surface area contributed by atoms with Crippen molar-refractivity contribution in [2.24, 2.45) is 0 Å². The topological polar surface area (TPSA) is 91.5 Å². The molecule has 3 aromatic rings. The molecule has 1 N–H and O–H groups in total. The minimum atomic E-state index is -0.390. The van der Waals surface area contributed by atoms with Gasteiger partial charge in [0.05, 0.1) is 10.6 Å². The molecule has 0 atom stereocenters. The van der Waals surface area contributed by atoms with E-state index in [-0.39, 0.29) is 12.5 Å². The van der Waals surface area contributed by atoms with Gasteiger partial charge in [-0.15, -0.1) is 0 Å². The summed E-state index contributed by atoms with van der Waals surface area (Å²) in [6.45, 7) is 0.981. The number of nitro groups is 1. The van der Waals surface area contributed by atoms with Crippen LogP contribution in [0.2, 0.25) is 0 Å². The van der Waals surface area contributed by atoms with E-state index in [4.69, 9.17) is 14.6 Å². The van der Waals surface area contributed by atoms with Gasteiger partial charge in [-0.05, 0) is 30.7 Å². The zero-order chi connectivity index (χ0) is 17.7. The Kier molecular flexibility index (Phi) is 3.11. The van der Waals surface area contributed by atoms with E-state index in [0.717, 1.165) is 35.6 Å². The zero-order valence-corrected chi connectivity index (χ0v) is 13.6. The number of aromatic nitrogens is 2. The number of fused-ring (bicyclic) bond motifs is 2. The molecule has 2 aliphatic heterocycles. The molecule has 0 saturated carbocycles. The van der Waals surface area contributed by atoms with Crippen molar-refractivity contribution >= 4 is 11.5 Å². The Hall–Kier alpha value is -3.55. The summed E-state index contributed by atoms with van der Waals surface area (Å²) in [6, 6.07) is 12.3. The van der Waals surface area contributed by atoms with Crippen molar-refractivity contribution in [2.75, 3.05) is 18.7 Å². The number of hydrogen-bond donors (Lipinski definition) is 1. The van der Waals surface area contributed by atoms with Gasteiger partial charge in [-0.1, -0.05) is 12.1 Å². The number of benzene rings is 2. The molecule has 1 aromatic heterocycles. The van der Waals surface area contributed by atoms with Gasteiger partial charge in [0, 0.05) is 23.7 Å². The predicted octanol–water partition coefficient (Wildman–Crippen LogP) is 3.14. The van der Waals surface area contributed by atoms with E-state index in [1.807, 2.05) is 18.2 Å². The summed E-state index contributed by atoms with van der Waals surface area (Å²) in [5, 5.41) is 19.4. The molecule has 0 aliphatic carbocycles. The maximum absolute atomic E-state index is 11.4. The van der Waals surface area contributed by atoms with Crippen LogP contribution in [0.4, 0.5) is 11.5 Å². The molecule has 0 spiro atoms. The largest absolute Gasteiger partial charge is 0.454 e. The SMILES string of the molecule is O=[N+]([O-])c1ccccc1-n1nc(-c2ccc3c(c2)OCO3)c2c1NCC2. The van der Waals surface area contributed by atoms with Gasteiger partial charge in [0.2, 0.25) is 6.79 Å². The first-order chi connectivity index (χ1) is 12.7. The van der Waals surface area contributed by atoms with Crippen molar-refractivity contribution in [3.8, 4) is 28.4 Å². The monoisotopic (exact) mass is 350 g/mol. The van der Waals surface area contributed by atoms with Crippen LogP contribution in [-0.2, 0) is 6.42 Å². The number of hydrogen-bond acceptors (Lipinski definition) is 6. The Morgan fingerprint density at radius 2 is 2.00 bits per heavy atom. The molecule has 8 nitrogen and oxygen atoms in total. The molecule has 0 saturated heterocycles. The quantitative estimate of drug-likeness (QED) is 0.576. The van der Waals surface area contributed by atoms with E-state index in [1.165, 1.54) is 6.07 Å². The van der Waals surface area contributed by atoms with Crippen LogP contribution in [0.3, 0.4) is 0 Å². The van der Waals surface area contributed by atoms with Crippen LogP contribution in [0.15, 0.2) is 42.5 Å². The Labute approximate surface area is 148 Å². The fourth-order valence-corrected chi connectivity index (χ4v) is 3.42. The highest BCUT2D eigenvalue weighted by Crippen LogP contribution is 2.40. The lowest BCUT2D eigenvalue weighted by Gasteiger charge is -2.07. The number of nitrogens with zero attached hydrogens (tertiary/aromatic N) is 3. The molecule has 2 aliphatic rings. The third-order valence-electron chi connectivity index (χ3n) is 4.60. The Morgan fingerprint density at radius 1 is 1.15 bits per heavy atom. The van der Waals surface area contributed by atoms with Gasteiger partial charge in [0.25, 0.3) is 5.69 Å². The van der Waals surface area contributed by atoms with Crippen molar-refractivity contribution in [3.05, 3.63) is 58.1 Å². The second-order valence-electron chi connectivity index (χ2n) is 6.08. The first-order valence-corrected chi connectivity index (χ1v) is 8.22. The number of nitro benzene ring substituents is 1. The Balaban J connectivity index is 1.69. The van der Waals surface area contributed by atoms with E-state index >= 15 is 0 Å². The molecule has 0 radical (unpaired) electrons. The van der Waals surface area contributed by atoms with E-state index < -0.39 is 4.92 Å². The van der Waals surface area contributed by atoms with Gasteiger partial charge in [-0.3, -0.25) is 10.1 Å². The predicted molar refractivity (Wildman–Crippen MR) is 94.0 cm³/mol. The molecule has 5 rings (SSSR count). The molecule has 0 fully saturated rings. The number of ether oxygens (including phenoxy) is 2. The lowest BCUT2D eigenvalue weighted by Crippen LogP contribution is -2.06. The summed E-state index contributed by atoms with van der Waals surface area (Å²) >= 11 is 0. The fraction of sp³-hybridized carbons (Fsp3) is 0.167. The maximum Gasteiger partial charge on any atom is 0.294 e. The maximum atomic E-state index is 11.4. The second-order valence-corrected chi connectivity index (χ2v) is 6.08. The number of nitrogens with one attached hydrogen (secondary N) is 1. The third-order valence-corrected chi connectivity index (χ3v) is 4.60. The normalized spacial score (nSPS) is 14.2. The van der Waals surface area contributed by atoms with Gasteiger partial charge in [-0.2, -0.15) is 5.10 Å². The average molecular weight is 350 g/mol. The average Bonchev–Trinajstić information content (AvgIpc) is 3.37. The second kappa shape index (κ2) is 5.48. The van der Waals surface area contributed by atoms with Gasteiger partial charge < -0.3 is 14.8 Å². The highest BCUT2D eigenvalue weighted by molar-refractivity contribution is 5.75. The van der Waals surface area contributed by atoms with Crippen molar-refractivity contribution in [1.82, 2.24) is 9.78 Å². The minimum absolute atomic E-state index is 0.0173. The summed E-state index contributed by atoms with van der Waals surface area (Å²) in [4.78, 5) is 11.0. The summed E-state index contributed by atoms with van der Waals surface area (Å²) in [7, 11) is 0. The molecular weight excluding hydrogens is 336 g/mol. The highest BCUT2D eigenvalue weighted by atomic mass is 16.7. The number of anilines is 1. The smallest absolute Gasteiger partial charge is 0.294 e. The lowest BCUT2D eigenvalue weighted by atomic mass is 10.1. The van der Waals surface area contributed by atoms with Crippen molar-refractivity contribution in [3.63, 3.8) is 0 Å². The van der Waals surface area contributed by atoms with Crippen LogP contribution in [0.1, 0.15) is 5.56 Å². The zero-order valence-electron chi connectivity index (χ0n) is 13.6. The lowest BCUT2D eigenvalue weighted by molar-refractivity contribution is -0.384. The summed E-state index contributed by atoms with van der Waals surface area (Å²) < 4.78 is 12.4. The van der Waals surface area contributed by atoms with Crippen LogP contribution in [-0.4, -0.2) is 28.0 Å². The molecule has 2 aromatic carbocycles. The Bertz CT molecular complexity index is 1040. The molecule has 0 bridgehead atoms.